The number of amides is 1. The summed E-state index contributed by atoms with van der Waals surface area (Å²) in [5.74, 6) is 0.269. The van der Waals surface area contributed by atoms with E-state index in [2.05, 4.69) is 25.1 Å². The van der Waals surface area contributed by atoms with Crippen LogP contribution in [0.5, 0.6) is 0 Å². The molecule has 1 aromatic heterocycles. The Morgan fingerprint density at radius 3 is 2.64 bits per heavy atom. The topological polar surface area (TPSA) is 61.4 Å². The van der Waals surface area contributed by atoms with E-state index in [1.54, 1.807) is 24.7 Å². The third-order valence-electron chi connectivity index (χ3n) is 7.20. The van der Waals surface area contributed by atoms with Crippen LogP contribution in [-0.2, 0) is 17.4 Å². The maximum atomic E-state index is 13.4. The predicted octanol–water partition coefficient (Wildman–Crippen LogP) is 3.81. The van der Waals surface area contributed by atoms with Crippen molar-refractivity contribution in [3.05, 3.63) is 47.9 Å². The molecule has 176 valence electrons. The molecule has 5 rings (SSSR count). The van der Waals surface area contributed by atoms with E-state index in [0.29, 0.717) is 31.6 Å². The van der Waals surface area contributed by atoms with Crippen LogP contribution in [0.1, 0.15) is 43.2 Å². The van der Waals surface area contributed by atoms with E-state index in [1.165, 1.54) is 12.5 Å². The SMILES string of the molecule is O=C(NC1CCCCC1)C1Cc2cc(C(F)(F)F)ccc2N2CCN(c3cnccn3)CC12. The lowest BCUT2D eigenvalue weighted by Crippen LogP contribution is -2.62. The Bertz CT molecular complexity index is 993. The Labute approximate surface area is 191 Å². The number of aromatic nitrogens is 2. The van der Waals surface area contributed by atoms with Gasteiger partial charge in [-0.2, -0.15) is 13.2 Å². The van der Waals surface area contributed by atoms with E-state index in [9.17, 15) is 18.0 Å². The number of anilines is 2. The number of alkyl halides is 3. The van der Waals surface area contributed by atoms with E-state index >= 15 is 0 Å². The molecule has 2 aliphatic heterocycles. The van der Waals surface area contributed by atoms with E-state index in [0.717, 1.165) is 43.3 Å². The van der Waals surface area contributed by atoms with Crippen molar-refractivity contribution in [2.75, 3.05) is 29.4 Å². The molecular weight excluding hydrogens is 431 g/mol. The number of piperazine rings is 1. The van der Waals surface area contributed by atoms with Gasteiger partial charge in [-0.05, 0) is 43.0 Å². The quantitative estimate of drug-likeness (QED) is 0.757. The maximum absolute atomic E-state index is 13.4. The summed E-state index contributed by atoms with van der Waals surface area (Å²) in [6, 6.07) is 3.95. The van der Waals surface area contributed by atoms with Crippen molar-refractivity contribution >= 4 is 17.4 Å². The second-order valence-electron chi connectivity index (χ2n) is 9.27. The van der Waals surface area contributed by atoms with Gasteiger partial charge < -0.3 is 15.1 Å². The minimum Gasteiger partial charge on any atom is -0.364 e. The number of carbonyl (C=O) groups excluding carboxylic acids is 1. The zero-order valence-electron chi connectivity index (χ0n) is 18.4. The summed E-state index contributed by atoms with van der Waals surface area (Å²) in [5, 5.41) is 3.22. The van der Waals surface area contributed by atoms with Crippen molar-refractivity contribution in [1.29, 1.82) is 0 Å². The zero-order chi connectivity index (χ0) is 23.0. The lowest BCUT2D eigenvalue weighted by atomic mass is 9.82. The fourth-order valence-electron chi connectivity index (χ4n) is 5.52. The van der Waals surface area contributed by atoms with Gasteiger partial charge in [0, 0.05) is 43.8 Å². The molecule has 0 radical (unpaired) electrons. The van der Waals surface area contributed by atoms with Gasteiger partial charge in [0.15, 0.2) is 0 Å². The van der Waals surface area contributed by atoms with E-state index < -0.39 is 17.7 Å². The molecule has 2 fully saturated rings. The highest BCUT2D eigenvalue weighted by Crippen LogP contribution is 2.40. The highest BCUT2D eigenvalue weighted by molar-refractivity contribution is 5.82. The standard InChI is InChI=1S/C24H28F3N5O/c25-24(26,27)17-6-7-20-16(12-17)13-19(23(33)30-18-4-2-1-3-5-18)21-15-31(10-11-32(20)21)22-14-28-8-9-29-22/h6-9,12,14,18-19,21H,1-5,10-11,13,15H2,(H,30,33). The Morgan fingerprint density at radius 2 is 1.91 bits per heavy atom. The third kappa shape index (κ3) is 4.50. The van der Waals surface area contributed by atoms with Crippen LogP contribution in [0.4, 0.5) is 24.7 Å². The number of carbonyl (C=O) groups is 1. The van der Waals surface area contributed by atoms with Crippen molar-refractivity contribution in [2.45, 2.75) is 56.8 Å². The number of nitrogens with one attached hydrogen (secondary N) is 1. The minimum absolute atomic E-state index is 0.0547. The van der Waals surface area contributed by atoms with Gasteiger partial charge in [0.2, 0.25) is 5.91 Å². The molecule has 0 bridgehead atoms. The maximum Gasteiger partial charge on any atom is 0.416 e. The molecule has 1 aliphatic carbocycles. The smallest absolute Gasteiger partial charge is 0.364 e. The second-order valence-corrected chi connectivity index (χ2v) is 9.27. The molecule has 3 heterocycles. The molecular formula is C24H28F3N5O. The largest absolute Gasteiger partial charge is 0.416 e. The van der Waals surface area contributed by atoms with Crippen LogP contribution in [-0.4, -0.2) is 47.6 Å². The van der Waals surface area contributed by atoms with Gasteiger partial charge in [0.1, 0.15) is 5.82 Å². The molecule has 6 nitrogen and oxygen atoms in total. The molecule has 0 spiro atoms. The average Bonchev–Trinajstić information content (AvgIpc) is 2.83. The molecule has 1 N–H and O–H groups in total. The van der Waals surface area contributed by atoms with E-state index in [-0.39, 0.29) is 18.0 Å². The normalized spacial score (nSPS) is 23.6. The number of hydrogen-bond acceptors (Lipinski definition) is 5. The highest BCUT2D eigenvalue weighted by Gasteiger charge is 2.43. The van der Waals surface area contributed by atoms with Gasteiger partial charge in [-0.25, -0.2) is 4.98 Å². The summed E-state index contributed by atoms with van der Waals surface area (Å²) < 4.78 is 40.1. The lowest BCUT2D eigenvalue weighted by molar-refractivity contribution is -0.137. The average molecular weight is 460 g/mol. The zero-order valence-corrected chi connectivity index (χ0v) is 18.4. The first kappa shape index (κ1) is 22.0. The molecule has 2 aromatic rings. The molecule has 1 amide bonds. The Kier molecular flexibility index (Phi) is 5.88. The fourth-order valence-corrected chi connectivity index (χ4v) is 5.52. The van der Waals surface area contributed by atoms with Crippen molar-refractivity contribution in [1.82, 2.24) is 15.3 Å². The van der Waals surface area contributed by atoms with Crippen LogP contribution in [0.25, 0.3) is 0 Å². The van der Waals surface area contributed by atoms with Gasteiger partial charge in [-0.1, -0.05) is 19.3 Å². The molecule has 2 unspecified atom stereocenters. The van der Waals surface area contributed by atoms with Crippen LogP contribution in [0.2, 0.25) is 0 Å². The van der Waals surface area contributed by atoms with Gasteiger partial charge in [0.25, 0.3) is 0 Å². The van der Waals surface area contributed by atoms with E-state index in [4.69, 9.17) is 0 Å². The number of rotatable bonds is 3. The molecule has 1 aromatic carbocycles. The summed E-state index contributed by atoms with van der Waals surface area (Å²) in [7, 11) is 0. The number of nitrogens with zero attached hydrogens (tertiary/aromatic N) is 4. The number of hydrogen-bond donors (Lipinski definition) is 1. The predicted molar refractivity (Wildman–Crippen MR) is 119 cm³/mol. The molecule has 1 saturated carbocycles. The minimum atomic E-state index is -4.41. The molecule has 1 saturated heterocycles. The van der Waals surface area contributed by atoms with Gasteiger partial charge in [-0.3, -0.25) is 9.78 Å². The molecule has 2 atom stereocenters. The van der Waals surface area contributed by atoms with Gasteiger partial charge >= 0.3 is 6.18 Å². The van der Waals surface area contributed by atoms with Crippen LogP contribution in [0.3, 0.4) is 0 Å². The van der Waals surface area contributed by atoms with Crippen LogP contribution >= 0.6 is 0 Å². The van der Waals surface area contributed by atoms with Crippen molar-refractivity contribution in [2.24, 2.45) is 5.92 Å². The molecule has 33 heavy (non-hydrogen) atoms. The second kappa shape index (κ2) is 8.83. The third-order valence-corrected chi connectivity index (χ3v) is 7.20. The summed E-state index contributed by atoms with van der Waals surface area (Å²) >= 11 is 0. The first-order chi connectivity index (χ1) is 15.9. The van der Waals surface area contributed by atoms with Crippen LogP contribution in [0.15, 0.2) is 36.8 Å². The molecule has 9 heteroatoms. The fraction of sp³-hybridized carbons (Fsp3) is 0.542. The molecule has 3 aliphatic rings. The van der Waals surface area contributed by atoms with E-state index in [1.807, 2.05) is 0 Å². The Hall–Kier alpha value is -2.84. The summed E-state index contributed by atoms with van der Waals surface area (Å²) in [6.45, 7) is 1.83. The summed E-state index contributed by atoms with van der Waals surface area (Å²) in [6.07, 6.45) is 6.18. The van der Waals surface area contributed by atoms with Crippen molar-refractivity contribution in [3.63, 3.8) is 0 Å². The summed E-state index contributed by atoms with van der Waals surface area (Å²) in [4.78, 5) is 26.3. The first-order valence-corrected chi connectivity index (χ1v) is 11.7. The number of benzene rings is 1. The number of halogens is 3. The lowest BCUT2D eigenvalue weighted by Gasteiger charge is -2.49. The highest BCUT2D eigenvalue weighted by atomic mass is 19.4. The van der Waals surface area contributed by atoms with Gasteiger partial charge in [0.05, 0.1) is 23.7 Å². The van der Waals surface area contributed by atoms with Crippen LogP contribution < -0.4 is 15.1 Å². The Morgan fingerprint density at radius 1 is 1.09 bits per heavy atom. The monoisotopic (exact) mass is 459 g/mol. The first-order valence-electron chi connectivity index (χ1n) is 11.7. The number of fused-ring (bicyclic) bond motifs is 3. The van der Waals surface area contributed by atoms with Gasteiger partial charge in [-0.15, -0.1) is 0 Å². The summed E-state index contributed by atoms with van der Waals surface area (Å²) in [5.41, 5.74) is 0.732. The van der Waals surface area contributed by atoms with Crippen molar-refractivity contribution in [3.8, 4) is 0 Å². The Balaban J connectivity index is 1.45. The van der Waals surface area contributed by atoms with Crippen molar-refractivity contribution < 1.29 is 18.0 Å². The van der Waals surface area contributed by atoms with Crippen LogP contribution in [0, 0.1) is 5.92 Å².